The molecular formula is C15H10IN3O. The molecule has 4 nitrogen and oxygen atoms in total. The third-order valence-corrected chi connectivity index (χ3v) is 3.63. The first kappa shape index (κ1) is 13.0. The van der Waals surface area contributed by atoms with Crippen molar-refractivity contribution in [2.24, 2.45) is 0 Å². The second-order valence-electron chi connectivity index (χ2n) is 4.21. The Kier molecular flexibility index (Phi) is 3.60. The van der Waals surface area contributed by atoms with Gasteiger partial charge in [0.15, 0.2) is 6.29 Å². The van der Waals surface area contributed by atoms with Crippen LogP contribution in [0.2, 0.25) is 0 Å². The minimum absolute atomic E-state index is 0.572. The van der Waals surface area contributed by atoms with E-state index in [0.717, 1.165) is 21.1 Å². The van der Waals surface area contributed by atoms with E-state index in [9.17, 15) is 4.79 Å². The fourth-order valence-corrected chi connectivity index (χ4v) is 2.29. The van der Waals surface area contributed by atoms with Gasteiger partial charge in [-0.25, -0.2) is 4.68 Å². The Bertz CT molecular complexity index is 736. The van der Waals surface area contributed by atoms with Crippen LogP contribution in [0.5, 0.6) is 0 Å². The molecular weight excluding hydrogens is 365 g/mol. The van der Waals surface area contributed by atoms with Crippen molar-refractivity contribution in [3.63, 3.8) is 0 Å². The molecule has 3 rings (SSSR count). The van der Waals surface area contributed by atoms with Crippen LogP contribution in [0.3, 0.4) is 0 Å². The van der Waals surface area contributed by atoms with Gasteiger partial charge in [-0.1, -0.05) is 12.1 Å². The number of carbonyl (C=O) groups is 1. The van der Waals surface area contributed by atoms with Crippen LogP contribution in [0.4, 0.5) is 0 Å². The van der Waals surface area contributed by atoms with Crippen molar-refractivity contribution in [2.45, 2.75) is 0 Å². The lowest BCUT2D eigenvalue weighted by Crippen LogP contribution is -1.94. The minimum Gasteiger partial charge on any atom is -0.298 e. The van der Waals surface area contributed by atoms with E-state index < -0.39 is 0 Å². The molecule has 0 saturated carbocycles. The monoisotopic (exact) mass is 375 g/mol. The summed E-state index contributed by atoms with van der Waals surface area (Å²) in [5.74, 6) is 0. The molecule has 20 heavy (non-hydrogen) atoms. The van der Waals surface area contributed by atoms with Gasteiger partial charge in [-0.2, -0.15) is 5.10 Å². The van der Waals surface area contributed by atoms with Gasteiger partial charge in [-0.15, -0.1) is 0 Å². The molecule has 98 valence electrons. The van der Waals surface area contributed by atoms with Gasteiger partial charge in [0.1, 0.15) is 5.69 Å². The van der Waals surface area contributed by atoms with Crippen LogP contribution >= 0.6 is 22.6 Å². The van der Waals surface area contributed by atoms with Gasteiger partial charge in [0, 0.05) is 27.7 Å². The molecule has 0 unspecified atom stereocenters. The van der Waals surface area contributed by atoms with Gasteiger partial charge in [0.2, 0.25) is 0 Å². The average molecular weight is 375 g/mol. The second kappa shape index (κ2) is 5.54. The largest absolute Gasteiger partial charge is 0.298 e. The van der Waals surface area contributed by atoms with Crippen molar-refractivity contribution in [3.05, 3.63) is 64.1 Å². The predicted molar refractivity (Wildman–Crippen MR) is 84.9 cm³/mol. The molecule has 0 saturated heterocycles. The number of rotatable bonds is 3. The molecule has 0 aliphatic carbocycles. The number of aldehydes is 1. The Morgan fingerprint density at radius 2 is 1.75 bits per heavy atom. The van der Waals surface area contributed by atoms with Crippen LogP contribution < -0.4 is 0 Å². The van der Waals surface area contributed by atoms with E-state index in [2.05, 4.69) is 32.7 Å². The molecule has 5 heteroatoms. The fourth-order valence-electron chi connectivity index (χ4n) is 1.93. The lowest BCUT2D eigenvalue weighted by molar-refractivity contribution is 0.112. The maximum absolute atomic E-state index is 11.2. The predicted octanol–water partition coefficient (Wildman–Crippen LogP) is 3.35. The lowest BCUT2D eigenvalue weighted by Gasteiger charge is -2.00. The summed E-state index contributed by atoms with van der Waals surface area (Å²) in [4.78, 5) is 15.2. The number of nitrogens with zero attached hydrogens (tertiary/aromatic N) is 3. The molecule has 0 bridgehead atoms. The molecule has 2 heterocycles. The summed E-state index contributed by atoms with van der Waals surface area (Å²) in [6, 6.07) is 11.6. The van der Waals surface area contributed by atoms with E-state index in [0.29, 0.717) is 11.3 Å². The van der Waals surface area contributed by atoms with Crippen LogP contribution in [-0.2, 0) is 0 Å². The first-order valence-corrected chi connectivity index (χ1v) is 7.07. The van der Waals surface area contributed by atoms with Crippen molar-refractivity contribution in [2.75, 3.05) is 0 Å². The van der Waals surface area contributed by atoms with Gasteiger partial charge >= 0.3 is 0 Å². The number of benzene rings is 1. The number of pyridine rings is 1. The summed E-state index contributed by atoms with van der Waals surface area (Å²) < 4.78 is 2.84. The molecule has 3 aromatic rings. The van der Waals surface area contributed by atoms with E-state index in [-0.39, 0.29) is 0 Å². The fraction of sp³-hybridized carbons (Fsp3) is 0. The number of halogens is 1. The number of hydrogen-bond donors (Lipinski definition) is 0. The Morgan fingerprint density at radius 1 is 1.05 bits per heavy atom. The van der Waals surface area contributed by atoms with Crippen molar-refractivity contribution >= 4 is 28.9 Å². The van der Waals surface area contributed by atoms with E-state index >= 15 is 0 Å². The molecule has 0 amide bonds. The van der Waals surface area contributed by atoms with E-state index in [4.69, 9.17) is 0 Å². The second-order valence-corrected chi connectivity index (χ2v) is 5.45. The average Bonchev–Trinajstić information content (AvgIpc) is 2.93. The van der Waals surface area contributed by atoms with E-state index in [1.54, 1.807) is 23.3 Å². The Labute approximate surface area is 129 Å². The van der Waals surface area contributed by atoms with Crippen molar-refractivity contribution in [1.82, 2.24) is 14.8 Å². The minimum atomic E-state index is 0.572. The van der Waals surface area contributed by atoms with E-state index in [1.165, 1.54) is 0 Å². The van der Waals surface area contributed by atoms with Gasteiger partial charge in [0.25, 0.3) is 0 Å². The highest BCUT2D eigenvalue weighted by molar-refractivity contribution is 14.1. The van der Waals surface area contributed by atoms with Crippen molar-refractivity contribution in [1.29, 1.82) is 0 Å². The Balaban J connectivity index is 2.10. The highest BCUT2D eigenvalue weighted by atomic mass is 127. The van der Waals surface area contributed by atoms with Crippen LogP contribution in [0.25, 0.3) is 16.9 Å². The van der Waals surface area contributed by atoms with Crippen LogP contribution in [0.15, 0.2) is 55.0 Å². The smallest absolute Gasteiger partial charge is 0.153 e. The van der Waals surface area contributed by atoms with Crippen molar-refractivity contribution < 1.29 is 4.79 Å². The molecule has 0 radical (unpaired) electrons. The van der Waals surface area contributed by atoms with Gasteiger partial charge in [-0.05, 0) is 46.9 Å². The molecule has 0 aliphatic heterocycles. The topological polar surface area (TPSA) is 47.8 Å². The summed E-state index contributed by atoms with van der Waals surface area (Å²) >= 11 is 2.25. The Morgan fingerprint density at radius 3 is 2.40 bits per heavy atom. The summed E-state index contributed by atoms with van der Waals surface area (Å²) in [5.41, 5.74) is 3.07. The number of hydrogen-bond acceptors (Lipinski definition) is 3. The molecule has 0 aliphatic rings. The Hall–Kier alpha value is -2.02. The van der Waals surface area contributed by atoms with E-state index in [1.807, 2.05) is 36.4 Å². The number of carbonyl (C=O) groups excluding carboxylic acids is 1. The standard InChI is InChI=1S/C15H10IN3O/c16-13-3-1-11(2-4-13)15-12(10-20)9-19(18-15)14-5-7-17-8-6-14/h1-10H. The molecule has 2 aromatic heterocycles. The van der Waals surface area contributed by atoms with Crippen LogP contribution in [0, 0.1) is 3.57 Å². The lowest BCUT2D eigenvalue weighted by atomic mass is 10.1. The zero-order chi connectivity index (χ0) is 13.9. The first-order chi connectivity index (χ1) is 9.78. The number of aromatic nitrogens is 3. The van der Waals surface area contributed by atoms with Gasteiger partial charge in [0.05, 0.1) is 11.3 Å². The first-order valence-electron chi connectivity index (χ1n) is 5.99. The summed E-state index contributed by atoms with van der Waals surface area (Å²) in [6.07, 6.45) is 5.96. The molecule has 0 N–H and O–H groups in total. The zero-order valence-corrected chi connectivity index (χ0v) is 12.6. The molecule has 1 aromatic carbocycles. The summed E-state index contributed by atoms with van der Waals surface area (Å²) in [5, 5.41) is 4.51. The maximum atomic E-state index is 11.2. The normalized spacial score (nSPS) is 10.4. The van der Waals surface area contributed by atoms with Crippen molar-refractivity contribution in [3.8, 4) is 16.9 Å². The summed E-state index contributed by atoms with van der Waals surface area (Å²) in [7, 11) is 0. The molecule has 0 spiro atoms. The molecule has 0 atom stereocenters. The third-order valence-electron chi connectivity index (χ3n) is 2.91. The van der Waals surface area contributed by atoms with Crippen LogP contribution in [-0.4, -0.2) is 21.1 Å². The quantitative estimate of drug-likeness (QED) is 0.521. The third kappa shape index (κ3) is 2.49. The van der Waals surface area contributed by atoms with Gasteiger partial charge < -0.3 is 0 Å². The SMILES string of the molecule is O=Cc1cn(-c2ccncc2)nc1-c1ccc(I)cc1. The molecule has 0 fully saturated rings. The summed E-state index contributed by atoms with van der Waals surface area (Å²) in [6.45, 7) is 0. The zero-order valence-electron chi connectivity index (χ0n) is 10.4. The highest BCUT2D eigenvalue weighted by Gasteiger charge is 2.11. The van der Waals surface area contributed by atoms with Gasteiger partial charge in [-0.3, -0.25) is 9.78 Å². The highest BCUT2D eigenvalue weighted by Crippen LogP contribution is 2.23. The maximum Gasteiger partial charge on any atom is 0.153 e. The van der Waals surface area contributed by atoms with Crippen LogP contribution in [0.1, 0.15) is 10.4 Å².